The zero-order valence-electron chi connectivity index (χ0n) is 27.9. The number of pyridine rings is 2. The molecule has 2 N–H and O–H groups in total. The highest BCUT2D eigenvalue weighted by Gasteiger charge is 2.54. The van der Waals surface area contributed by atoms with Gasteiger partial charge in [0, 0.05) is 51.5 Å². The first kappa shape index (κ1) is 32.1. The highest BCUT2D eigenvalue weighted by molar-refractivity contribution is 6.30. The van der Waals surface area contributed by atoms with Gasteiger partial charge in [-0.25, -0.2) is 4.79 Å². The van der Waals surface area contributed by atoms with Gasteiger partial charge in [0.05, 0.1) is 13.2 Å². The monoisotopic (exact) mass is 677 g/mol. The standard InChI is InChI=1S/C41H44ClN3O4/c42-30-7-3-8-31(24-30)45-41(39(46)47)18-16-40(17-19-41)29(23-28-6-1-2-11-34(28)40)22-27(25-48-37-14-20-43-35-12-4-9-32(35)37)26-49-38-15-21-44-36-13-5-10-33(36)38/h1-3,6-8,11,14-15,20-21,24,27,29,45H,4-5,9-10,12-13,16-19,22-23,25-26H2,(H,46,47). The lowest BCUT2D eigenvalue weighted by molar-refractivity contribution is -0.144. The summed E-state index contributed by atoms with van der Waals surface area (Å²) in [5, 5.41) is 14.6. The van der Waals surface area contributed by atoms with Crippen LogP contribution in [0.1, 0.15) is 78.6 Å². The van der Waals surface area contributed by atoms with Crippen molar-refractivity contribution >= 4 is 23.3 Å². The fourth-order valence-electron chi connectivity index (χ4n) is 9.34. The van der Waals surface area contributed by atoms with Crippen molar-refractivity contribution in [3.63, 3.8) is 0 Å². The highest BCUT2D eigenvalue weighted by Crippen LogP contribution is 2.56. The van der Waals surface area contributed by atoms with Gasteiger partial charge in [0.25, 0.3) is 0 Å². The molecule has 1 unspecified atom stereocenters. The lowest BCUT2D eigenvalue weighted by Crippen LogP contribution is -2.53. The van der Waals surface area contributed by atoms with Crippen molar-refractivity contribution < 1.29 is 19.4 Å². The molecule has 4 aromatic rings. The van der Waals surface area contributed by atoms with Crippen LogP contribution in [0.5, 0.6) is 11.5 Å². The van der Waals surface area contributed by atoms with Crippen LogP contribution in [0.25, 0.3) is 0 Å². The fraction of sp³-hybridized carbons (Fsp3) is 0.439. The van der Waals surface area contributed by atoms with Gasteiger partial charge >= 0.3 is 5.97 Å². The first-order valence-electron chi connectivity index (χ1n) is 18.0. The van der Waals surface area contributed by atoms with Crippen LogP contribution in [0, 0.1) is 11.8 Å². The molecule has 8 rings (SSSR count). The van der Waals surface area contributed by atoms with Crippen molar-refractivity contribution in [3.8, 4) is 11.5 Å². The van der Waals surface area contributed by atoms with Gasteiger partial charge in [-0.05, 0) is 130 Å². The topological polar surface area (TPSA) is 93.6 Å². The number of nitrogens with one attached hydrogen (secondary N) is 1. The summed E-state index contributed by atoms with van der Waals surface area (Å²) in [5.74, 6) is 1.59. The van der Waals surface area contributed by atoms with Crippen LogP contribution in [0.15, 0.2) is 73.1 Å². The molecular formula is C41H44ClN3O4. The zero-order chi connectivity index (χ0) is 33.4. The number of aryl methyl sites for hydroxylation is 2. The third-order valence-electron chi connectivity index (χ3n) is 11.9. The summed E-state index contributed by atoms with van der Waals surface area (Å²) in [4.78, 5) is 22.2. The van der Waals surface area contributed by atoms with Gasteiger partial charge in [-0.15, -0.1) is 0 Å². The Bertz CT molecular complexity index is 1790. The molecule has 1 spiro atoms. The summed E-state index contributed by atoms with van der Waals surface area (Å²) in [5.41, 5.74) is 7.20. The van der Waals surface area contributed by atoms with Crippen LogP contribution in [-0.2, 0) is 42.3 Å². The number of aromatic nitrogens is 2. The number of nitrogens with zero attached hydrogens (tertiary/aromatic N) is 2. The van der Waals surface area contributed by atoms with Gasteiger partial charge in [-0.3, -0.25) is 9.97 Å². The number of fused-ring (bicyclic) bond motifs is 4. The smallest absolute Gasteiger partial charge is 0.329 e. The Morgan fingerprint density at radius 1 is 0.857 bits per heavy atom. The van der Waals surface area contributed by atoms with Gasteiger partial charge in [0.15, 0.2) is 0 Å². The molecule has 4 aliphatic rings. The van der Waals surface area contributed by atoms with E-state index < -0.39 is 11.5 Å². The summed E-state index contributed by atoms with van der Waals surface area (Å²) >= 11 is 6.28. The van der Waals surface area contributed by atoms with Gasteiger partial charge in [-0.2, -0.15) is 0 Å². The molecule has 2 aromatic carbocycles. The molecule has 8 heteroatoms. The average Bonchev–Trinajstić information content (AvgIpc) is 3.86. The van der Waals surface area contributed by atoms with Crippen molar-refractivity contribution in [3.05, 3.63) is 112 Å². The van der Waals surface area contributed by atoms with Crippen molar-refractivity contribution in [2.24, 2.45) is 11.8 Å². The van der Waals surface area contributed by atoms with E-state index in [0.29, 0.717) is 37.0 Å². The molecule has 0 saturated heterocycles. The molecule has 1 saturated carbocycles. The van der Waals surface area contributed by atoms with E-state index >= 15 is 0 Å². The molecule has 2 aromatic heterocycles. The second-order valence-electron chi connectivity index (χ2n) is 14.6. The predicted octanol–water partition coefficient (Wildman–Crippen LogP) is 8.19. The number of rotatable bonds is 11. The number of hydrogen-bond donors (Lipinski definition) is 2. The maximum atomic E-state index is 12.9. The molecule has 1 fully saturated rings. The number of carboxylic acid groups (broad SMARTS) is 1. The van der Waals surface area contributed by atoms with E-state index in [2.05, 4.69) is 39.6 Å². The third kappa shape index (κ3) is 6.16. The van der Waals surface area contributed by atoms with Crippen molar-refractivity contribution in [1.82, 2.24) is 9.97 Å². The Hall–Kier alpha value is -4.10. The molecular weight excluding hydrogens is 634 g/mol. The van der Waals surface area contributed by atoms with Crippen molar-refractivity contribution in [2.75, 3.05) is 18.5 Å². The van der Waals surface area contributed by atoms with Gasteiger partial charge in [0.2, 0.25) is 0 Å². The zero-order valence-corrected chi connectivity index (χ0v) is 28.7. The molecule has 2 heterocycles. The number of ether oxygens (including phenoxy) is 2. The minimum atomic E-state index is -1.05. The summed E-state index contributed by atoms with van der Waals surface area (Å²) in [6.45, 7) is 1.12. The maximum Gasteiger partial charge on any atom is 0.329 e. The molecule has 49 heavy (non-hydrogen) atoms. The van der Waals surface area contributed by atoms with E-state index in [1.54, 1.807) is 0 Å². The van der Waals surface area contributed by atoms with Crippen LogP contribution in [0.2, 0.25) is 5.02 Å². The number of hydrogen-bond acceptors (Lipinski definition) is 6. The SMILES string of the molecule is O=C(O)C1(Nc2cccc(Cl)c2)CCC2(CC1)c1ccccc1CC2CC(COc1ccnc2c1CCC2)COc1ccnc2c1CCC2. The minimum Gasteiger partial charge on any atom is -0.493 e. The van der Waals surface area contributed by atoms with Crippen LogP contribution >= 0.6 is 11.6 Å². The van der Waals surface area contributed by atoms with E-state index in [1.165, 1.54) is 33.6 Å². The normalized spacial score (nSPS) is 23.7. The van der Waals surface area contributed by atoms with Crippen LogP contribution in [-0.4, -0.2) is 39.8 Å². The molecule has 4 aliphatic carbocycles. The van der Waals surface area contributed by atoms with E-state index in [-0.39, 0.29) is 11.3 Å². The molecule has 0 bridgehead atoms. The molecule has 7 nitrogen and oxygen atoms in total. The molecule has 0 amide bonds. The third-order valence-corrected chi connectivity index (χ3v) is 12.1. The number of carbonyl (C=O) groups is 1. The first-order valence-corrected chi connectivity index (χ1v) is 18.3. The van der Waals surface area contributed by atoms with E-state index in [0.717, 1.165) is 81.4 Å². The van der Waals surface area contributed by atoms with Crippen LogP contribution in [0.3, 0.4) is 0 Å². The number of aliphatic carboxylic acids is 1. The highest BCUT2D eigenvalue weighted by atomic mass is 35.5. The summed E-state index contributed by atoms with van der Waals surface area (Å²) in [7, 11) is 0. The van der Waals surface area contributed by atoms with Gasteiger partial charge in [0.1, 0.15) is 17.0 Å². The summed E-state index contributed by atoms with van der Waals surface area (Å²) in [6.07, 6.45) is 14.6. The summed E-state index contributed by atoms with van der Waals surface area (Å²) < 4.78 is 13.3. The molecule has 1 atom stereocenters. The lowest BCUT2D eigenvalue weighted by atomic mass is 9.59. The second kappa shape index (κ2) is 13.3. The Balaban J connectivity index is 1.06. The van der Waals surface area contributed by atoms with E-state index in [1.807, 2.05) is 48.8 Å². The van der Waals surface area contributed by atoms with Crippen LogP contribution in [0.4, 0.5) is 5.69 Å². The van der Waals surface area contributed by atoms with E-state index in [4.69, 9.17) is 21.1 Å². The minimum absolute atomic E-state index is 0.111. The molecule has 0 radical (unpaired) electrons. The van der Waals surface area contributed by atoms with Gasteiger partial charge < -0.3 is 19.9 Å². The lowest BCUT2D eigenvalue weighted by Gasteiger charge is -2.47. The maximum absolute atomic E-state index is 12.9. The van der Waals surface area contributed by atoms with Gasteiger partial charge in [-0.1, -0.05) is 41.9 Å². The van der Waals surface area contributed by atoms with Crippen LogP contribution < -0.4 is 14.8 Å². The fourth-order valence-corrected chi connectivity index (χ4v) is 9.53. The molecule has 254 valence electrons. The predicted molar refractivity (Wildman–Crippen MR) is 191 cm³/mol. The summed E-state index contributed by atoms with van der Waals surface area (Å²) in [6, 6.07) is 20.2. The van der Waals surface area contributed by atoms with E-state index in [9.17, 15) is 9.90 Å². The van der Waals surface area contributed by atoms with Crippen molar-refractivity contribution in [2.45, 2.75) is 88.0 Å². The Morgan fingerprint density at radius 2 is 1.51 bits per heavy atom. The Morgan fingerprint density at radius 3 is 2.14 bits per heavy atom. The first-order chi connectivity index (χ1) is 23.9. The quantitative estimate of drug-likeness (QED) is 0.165. The number of anilines is 1. The van der Waals surface area contributed by atoms with Crippen molar-refractivity contribution in [1.29, 1.82) is 0 Å². The number of carboxylic acids is 1. The average molecular weight is 678 g/mol. The Kier molecular flexibility index (Phi) is 8.73. The Labute approximate surface area is 293 Å². The number of halogens is 1. The largest absolute Gasteiger partial charge is 0.493 e. The second-order valence-corrected chi connectivity index (χ2v) is 15.1. The number of benzene rings is 2. The molecule has 0 aliphatic heterocycles.